The predicted molar refractivity (Wildman–Crippen MR) is 104 cm³/mol. The quantitative estimate of drug-likeness (QED) is 0.444. The minimum absolute atomic E-state index is 0.137. The lowest BCUT2D eigenvalue weighted by atomic mass is 10.1. The van der Waals surface area contributed by atoms with Gasteiger partial charge < -0.3 is 15.4 Å². The molecule has 0 aromatic heterocycles. The Hall–Kier alpha value is -2.16. The SMILES string of the molecule is CCOC(=O)[C@@](NC(=O)c1ccc(Cl)cc1Cl)(Nc1ccc(Cl)cc1)C(F)(F)F. The maximum Gasteiger partial charge on any atom is 0.441 e. The van der Waals surface area contributed by atoms with E-state index in [2.05, 4.69) is 4.74 Å². The van der Waals surface area contributed by atoms with E-state index in [1.54, 1.807) is 5.32 Å². The lowest BCUT2D eigenvalue weighted by molar-refractivity contribution is -0.204. The molecule has 0 unspecified atom stereocenters. The Morgan fingerprint density at radius 2 is 1.59 bits per heavy atom. The van der Waals surface area contributed by atoms with Crippen molar-refractivity contribution in [2.24, 2.45) is 0 Å². The molecule has 156 valence electrons. The summed E-state index contributed by atoms with van der Waals surface area (Å²) in [7, 11) is 0. The molecule has 2 aromatic rings. The number of hydrogen-bond donors (Lipinski definition) is 2. The summed E-state index contributed by atoms with van der Waals surface area (Å²) in [5.41, 5.74) is -4.04. The fraction of sp³-hybridized carbons (Fsp3) is 0.222. The molecule has 2 aromatic carbocycles. The average molecular weight is 470 g/mol. The monoisotopic (exact) mass is 468 g/mol. The molecule has 0 saturated heterocycles. The van der Waals surface area contributed by atoms with Gasteiger partial charge in [0.1, 0.15) is 0 Å². The molecule has 11 heteroatoms. The Morgan fingerprint density at radius 3 is 2.10 bits per heavy atom. The molecule has 0 bridgehead atoms. The van der Waals surface area contributed by atoms with E-state index in [9.17, 15) is 22.8 Å². The van der Waals surface area contributed by atoms with Crippen LogP contribution in [0.15, 0.2) is 42.5 Å². The molecule has 5 nitrogen and oxygen atoms in total. The maximum atomic E-state index is 14.1. The molecule has 0 radical (unpaired) electrons. The van der Waals surface area contributed by atoms with Gasteiger partial charge in [0, 0.05) is 15.7 Å². The van der Waals surface area contributed by atoms with Crippen LogP contribution in [0.3, 0.4) is 0 Å². The van der Waals surface area contributed by atoms with E-state index in [4.69, 9.17) is 34.8 Å². The Balaban J connectivity index is 2.53. The van der Waals surface area contributed by atoms with Gasteiger partial charge in [0.2, 0.25) is 0 Å². The van der Waals surface area contributed by atoms with Crippen LogP contribution in [0.5, 0.6) is 0 Å². The molecule has 0 aliphatic heterocycles. The molecule has 0 fully saturated rings. The van der Waals surface area contributed by atoms with Crippen LogP contribution in [0.25, 0.3) is 0 Å². The number of rotatable bonds is 6. The highest BCUT2D eigenvalue weighted by Gasteiger charge is 2.63. The highest BCUT2D eigenvalue weighted by molar-refractivity contribution is 6.36. The zero-order chi connectivity index (χ0) is 21.8. The number of nitrogens with one attached hydrogen (secondary N) is 2. The number of carbonyl (C=O) groups excluding carboxylic acids is 2. The van der Waals surface area contributed by atoms with Gasteiger partial charge in [-0.1, -0.05) is 34.8 Å². The van der Waals surface area contributed by atoms with Crippen molar-refractivity contribution in [1.82, 2.24) is 5.32 Å². The standard InChI is InChI=1S/C18H14Cl3F3N2O3/c1-2-29-16(28)17(18(22,23)24,25-12-6-3-10(19)4-7-12)26-15(27)13-8-5-11(20)9-14(13)21/h3-9,25H,2H2,1H3,(H,26,27)/t17-/m0/s1. The highest BCUT2D eigenvalue weighted by Crippen LogP contribution is 2.34. The summed E-state index contributed by atoms with van der Waals surface area (Å²) in [5.74, 6) is -3.01. The Bertz CT molecular complexity index is 907. The summed E-state index contributed by atoms with van der Waals surface area (Å²) in [6, 6.07) is 8.64. The lowest BCUT2D eigenvalue weighted by Gasteiger charge is -2.35. The van der Waals surface area contributed by atoms with Gasteiger partial charge in [0.05, 0.1) is 17.2 Å². The van der Waals surface area contributed by atoms with Gasteiger partial charge in [0.25, 0.3) is 5.91 Å². The summed E-state index contributed by atoms with van der Waals surface area (Å²) in [6.07, 6.45) is -5.28. The summed E-state index contributed by atoms with van der Waals surface area (Å²) < 4.78 is 46.9. The van der Waals surface area contributed by atoms with Gasteiger partial charge in [-0.3, -0.25) is 4.79 Å². The molecule has 2 rings (SSSR count). The van der Waals surface area contributed by atoms with Crippen molar-refractivity contribution in [3.05, 3.63) is 63.1 Å². The van der Waals surface area contributed by atoms with Crippen molar-refractivity contribution in [3.8, 4) is 0 Å². The first kappa shape index (κ1) is 23.1. The summed E-state index contributed by atoms with van der Waals surface area (Å²) in [6.45, 7) is 0.982. The highest BCUT2D eigenvalue weighted by atomic mass is 35.5. The molecule has 0 saturated carbocycles. The fourth-order valence-corrected chi connectivity index (χ4v) is 2.91. The molecule has 0 aliphatic carbocycles. The summed E-state index contributed by atoms with van der Waals surface area (Å²) >= 11 is 17.4. The number of hydrogen-bond acceptors (Lipinski definition) is 4. The van der Waals surface area contributed by atoms with Gasteiger partial charge in [-0.05, 0) is 49.4 Å². The summed E-state index contributed by atoms with van der Waals surface area (Å²) in [5, 5.41) is 3.95. The van der Waals surface area contributed by atoms with Crippen molar-refractivity contribution >= 4 is 52.4 Å². The first-order valence-corrected chi connectivity index (χ1v) is 9.19. The number of anilines is 1. The molecule has 0 heterocycles. The Labute approximate surface area is 179 Å². The molecular weight excluding hydrogens is 456 g/mol. The van der Waals surface area contributed by atoms with Crippen LogP contribution in [0.1, 0.15) is 17.3 Å². The maximum absolute atomic E-state index is 14.1. The zero-order valence-corrected chi connectivity index (χ0v) is 17.0. The average Bonchev–Trinajstić information content (AvgIpc) is 2.62. The van der Waals surface area contributed by atoms with Crippen LogP contribution < -0.4 is 10.6 Å². The second kappa shape index (κ2) is 9.11. The van der Waals surface area contributed by atoms with E-state index >= 15 is 0 Å². The van der Waals surface area contributed by atoms with E-state index in [0.29, 0.717) is 0 Å². The van der Waals surface area contributed by atoms with Crippen molar-refractivity contribution in [2.45, 2.75) is 18.8 Å². The molecule has 0 spiro atoms. The van der Waals surface area contributed by atoms with Crippen LogP contribution in [0, 0.1) is 0 Å². The second-order valence-corrected chi connectivity index (χ2v) is 6.96. The van der Waals surface area contributed by atoms with Crippen LogP contribution in [-0.4, -0.2) is 30.3 Å². The van der Waals surface area contributed by atoms with E-state index in [1.165, 1.54) is 43.3 Å². The number of esters is 1. The van der Waals surface area contributed by atoms with Crippen LogP contribution in [0.4, 0.5) is 18.9 Å². The first-order valence-electron chi connectivity index (χ1n) is 8.05. The van der Waals surface area contributed by atoms with Gasteiger partial charge >= 0.3 is 17.8 Å². The molecule has 0 aliphatic rings. The van der Waals surface area contributed by atoms with Crippen LogP contribution >= 0.6 is 34.8 Å². The Kier molecular flexibility index (Phi) is 7.26. The van der Waals surface area contributed by atoms with E-state index < -0.39 is 23.7 Å². The van der Waals surface area contributed by atoms with Gasteiger partial charge in [-0.2, -0.15) is 13.2 Å². The van der Waals surface area contributed by atoms with E-state index in [-0.39, 0.29) is 32.9 Å². The van der Waals surface area contributed by atoms with Crippen molar-refractivity contribution in [3.63, 3.8) is 0 Å². The van der Waals surface area contributed by atoms with Gasteiger partial charge in [-0.15, -0.1) is 0 Å². The van der Waals surface area contributed by atoms with E-state index in [1.807, 2.05) is 5.32 Å². The fourth-order valence-electron chi connectivity index (χ4n) is 2.29. The smallest absolute Gasteiger partial charge is 0.441 e. The van der Waals surface area contributed by atoms with Crippen LogP contribution in [0.2, 0.25) is 15.1 Å². The minimum atomic E-state index is -5.28. The summed E-state index contributed by atoms with van der Waals surface area (Å²) in [4.78, 5) is 25.0. The third kappa shape index (κ3) is 5.26. The molecular formula is C18H14Cl3F3N2O3. The lowest BCUT2D eigenvalue weighted by Crippen LogP contribution is -2.69. The van der Waals surface area contributed by atoms with Crippen molar-refractivity contribution < 1.29 is 27.5 Å². The van der Waals surface area contributed by atoms with Gasteiger partial charge in [-0.25, -0.2) is 4.79 Å². The van der Waals surface area contributed by atoms with E-state index in [0.717, 1.165) is 6.07 Å². The minimum Gasteiger partial charge on any atom is -0.463 e. The number of ether oxygens (including phenoxy) is 1. The topological polar surface area (TPSA) is 67.4 Å². The van der Waals surface area contributed by atoms with Crippen molar-refractivity contribution in [1.29, 1.82) is 0 Å². The van der Waals surface area contributed by atoms with Crippen LogP contribution in [-0.2, 0) is 9.53 Å². The zero-order valence-electron chi connectivity index (χ0n) is 14.7. The largest absolute Gasteiger partial charge is 0.463 e. The predicted octanol–water partition coefficient (Wildman–Crippen LogP) is 5.31. The third-order valence-corrected chi connectivity index (χ3v) is 4.46. The Morgan fingerprint density at radius 1 is 1.00 bits per heavy atom. The normalized spacial score (nSPS) is 13.3. The number of halogens is 6. The van der Waals surface area contributed by atoms with Gasteiger partial charge in [0.15, 0.2) is 0 Å². The number of alkyl halides is 3. The molecule has 1 amide bonds. The number of carbonyl (C=O) groups is 2. The third-order valence-electron chi connectivity index (χ3n) is 3.66. The number of benzene rings is 2. The first-order chi connectivity index (χ1) is 13.5. The molecule has 1 atom stereocenters. The molecule has 2 N–H and O–H groups in total. The molecule has 29 heavy (non-hydrogen) atoms. The number of amides is 1. The second-order valence-electron chi connectivity index (χ2n) is 5.68. The van der Waals surface area contributed by atoms with Crippen molar-refractivity contribution in [2.75, 3.05) is 11.9 Å².